The van der Waals surface area contributed by atoms with Gasteiger partial charge in [0.15, 0.2) is 0 Å². The number of rotatable bonds is 5. The van der Waals surface area contributed by atoms with E-state index in [0.29, 0.717) is 21.4 Å². The van der Waals surface area contributed by atoms with Crippen LogP contribution in [0.5, 0.6) is 0 Å². The van der Waals surface area contributed by atoms with Crippen LogP contribution in [0.15, 0.2) is 47.3 Å². The van der Waals surface area contributed by atoms with Crippen molar-refractivity contribution in [3.8, 4) is 0 Å². The molecule has 1 aromatic heterocycles. The Balaban J connectivity index is 1.65. The molecule has 0 radical (unpaired) electrons. The number of aromatic nitrogens is 2. The Bertz CT molecular complexity index is 1270. The number of fused-ring (bicyclic) bond motifs is 1. The molecular formula is C22H19Cl2N5O3. The van der Waals surface area contributed by atoms with E-state index in [1.807, 2.05) is 25.1 Å². The van der Waals surface area contributed by atoms with Crippen LogP contribution in [0.3, 0.4) is 0 Å². The van der Waals surface area contributed by atoms with Gasteiger partial charge >= 0.3 is 0 Å². The summed E-state index contributed by atoms with van der Waals surface area (Å²) >= 11 is 12.1. The van der Waals surface area contributed by atoms with E-state index in [1.54, 1.807) is 18.2 Å². The summed E-state index contributed by atoms with van der Waals surface area (Å²) in [6.07, 6.45) is 0.566. The van der Waals surface area contributed by atoms with Crippen molar-refractivity contribution in [1.82, 2.24) is 9.97 Å². The van der Waals surface area contributed by atoms with Crippen molar-refractivity contribution < 1.29 is 9.59 Å². The summed E-state index contributed by atoms with van der Waals surface area (Å²) < 4.78 is 0. The van der Waals surface area contributed by atoms with Crippen molar-refractivity contribution in [3.63, 3.8) is 0 Å². The van der Waals surface area contributed by atoms with Crippen LogP contribution >= 0.6 is 23.2 Å². The lowest BCUT2D eigenvalue weighted by Crippen LogP contribution is -2.36. The predicted octanol–water partition coefficient (Wildman–Crippen LogP) is 4.45. The van der Waals surface area contributed by atoms with Crippen molar-refractivity contribution in [2.75, 3.05) is 16.0 Å². The first-order chi connectivity index (χ1) is 15.4. The molecule has 164 valence electrons. The summed E-state index contributed by atoms with van der Waals surface area (Å²) in [6, 6.07) is 12.2. The van der Waals surface area contributed by atoms with Gasteiger partial charge in [0.25, 0.3) is 5.56 Å². The van der Waals surface area contributed by atoms with Gasteiger partial charge in [0, 0.05) is 17.1 Å². The standard InChI is InChI=1S/C22H19Cl2N5O3/c1-2-11-5-3-4-6-15(11)25-20(31)13-10-17(30)27-19-18(13)21(32)29-22(28-19)26-16-8-7-12(23)9-14(16)24/h3-9,13H,2,10H2,1H3,(H,25,31)(H3,26,27,28,29,30,32). The fourth-order valence-electron chi connectivity index (χ4n) is 3.54. The molecule has 2 heterocycles. The lowest BCUT2D eigenvalue weighted by molar-refractivity contribution is -0.123. The molecule has 0 saturated heterocycles. The van der Waals surface area contributed by atoms with Gasteiger partial charge in [-0.3, -0.25) is 19.4 Å². The summed E-state index contributed by atoms with van der Waals surface area (Å²) in [5.41, 5.74) is 1.63. The average molecular weight is 472 g/mol. The Morgan fingerprint density at radius 2 is 1.94 bits per heavy atom. The van der Waals surface area contributed by atoms with Gasteiger partial charge in [-0.2, -0.15) is 4.98 Å². The van der Waals surface area contributed by atoms with Gasteiger partial charge in [0.2, 0.25) is 17.8 Å². The third-order valence-electron chi connectivity index (χ3n) is 5.11. The van der Waals surface area contributed by atoms with Crippen LogP contribution in [0.1, 0.15) is 30.4 Å². The molecule has 8 nitrogen and oxygen atoms in total. The molecule has 0 saturated carbocycles. The smallest absolute Gasteiger partial charge is 0.258 e. The molecule has 3 aromatic rings. The predicted molar refractivity (Wildman–Crippen MR) is 125 cm³/mol. The third kappa shape index (κ3) is 4.46. The van der Waals surface area contributed by atoms with Crippen LogP contribution in [0, 0.1) is 0 Å². The number of nitrogens with zero attached hydrogens (tertiary/aromatic N) is 1. The van der Waals surface area contributed by atoms with Crippen molar-refractivity contribution >= 4 is 58.2 Å². The van der Waals surface area contributed by atoms with E-state index in [-0.39, 0.29) is 23.8 Å². The largest absolute Gasteiger partial charge is 0.325 e. The quantitative estimate of drug-likeness (QED) is 0.438. The van der Waals surface area contributed by atoms with Crippen molar-refractivity contribution in [1.29, 1.82) is 0 Å². The Labute approximate surface area is 193 Å². The van der Waals surface area contributed by atoms with Crippen molar-refractivity contribution in [2.24, 2.45) is 0 Å². The maximum absolute atomic E-state index is 13.0. The van der Waals surface area contributed by atoms with Gasteiger partial charge in [0.1, 0.15) is 5.82 Å². The minimum absolute atomic E-state index is 0.0292. The van der Waals surface area contributed by atoms with Crippen LogP contribution in [0.4, 0.5) is 23.1 Å². The molecule has 0 spiro atoms. The van der Waals surface area contributed by atoms with Gasteiger partial charge in [-0.25, -0.2) is 0 Å². The lowest BCUT2D eigenvalue weighted by atomic mass is 9.92. The minimum atomic E-state index is -0.979. The zero-order valence-electron chi connectivity index (χ0n) is 17.0. The molecule has 2 aromatic carbocycles. The van der Waals surface area contributed by atoms with Crippen LogP contribution in [-0.2, 0) is 16.0 Å². The molecule has 0 bridgehead atoms. The molecular weight excluding hydrogens is 453 g/mol. The van der Waals surface area contributed by atoms with E-state index in [4.69, 9.17) is 23.2 Å². The summed E-state index contributed by atoms with van der Waals surface area (Å²) in [4.78, 5) is 45.1. The normalized spacial score (nSPS) is 15.0. The highest BCUT2D eigenvalue weighted by atomic mass is 35.5. The van der Waals surface area contributed by atoms with Crippen molar-refractivity contribution in [2.45, 2.75) is 25.7 Å². The minimum Gasteiger partial charge on any atom is -0.325 e. The number of aromatic amines is 1. The molecule has 0 aliphatic carbocycles. The second-order valence-electron chi connectivity index (χ2n) is 7.23. The number of H-pyrrole nitrogens is 1. The number of carbonyl (C=O) groups excluding carboxylic acids is 2. The monoisotopic (exact) mass is 471 g/mol. The summed E-state index contributed by atoms with van der Waals surface area (Å²) in [6.45, 7) is 1.98. The van der Waals surface area contributed by atoms with Crippen LogP contribution < -0.4 is 21.5 Å². The SMILES string of the molecule is CCc1ccccc1NC(=O)C1CC(=O)Nc2nc(Nc3ccc(Cl)cc3Cl)[nH]c(=O)c21. The first-order valence-electron chi connectivity index (χ1n) is 9.90. The number of anilines is 4. The second-order valence-corrected chi connectivity index (χ2v) is 8.07. The number of hydrogen-bond donors (Lipinski definition) is 4. The number of aryl methyl sites for hydroxylation is 1. The highest BCUT2D eigenvalue weighted by Crippen LogP contribution is 2.32. The molecule has 32 heavy (non-hydrogen) atoms. The Morgan fingerprint density at radius 3 is 2.69 bits per heavy atom. The molecule has 1 unspecified atom stereocenters. The Hall–Kier alpha value is -3.36. The molecule has 1 aliphatic rings. The first-order valence-corrected chi connectivity index (χ1v) is 10.7. The lowest BCUT2D eigenvalue weighted by Gasteiger charge is -2.24. The highest BCUT2D eigenvalue weighted by molar-refractivity contribution is 6.36. The van der Waals surface area contributed by atoms with E-state index >= 15 is 0 Å². The third-order valence-corrected chi connectivity index (χ3v) is 5.66. The van der Waals surface area contributed by atoms with Crippen LogP contribution in [0.25, 0.3) is 0 Å². The van der Waals surface area contributed by atoms with E-state index in [2.05, 4.69) is 25.9 Å². The topological polar surface area (TPSA) is 116 Å². The zero-order chi connectivity index (χ0) is 22.8. The van der Waals surface area contributed by atoms with E-state index < -0.39 is 23.3 Å². The van der Waals surface area contributed by atoms with Crippen molar-refractivity contribution in [3.05, 3.63) is 74.0 Å². The number of carbonyl (C=O) groups is 2. The average Bonchev–Trinajstić information content (AvgIpc) is 2.75. The fourth-order valence-corrected chi connectivity index (χ4v) is 4.00. The molecule has 10 heteroatoms. The van der Waals surface area contributed by atoms with Crippen LogP contribution in [0.2, 0.25) is 10.0 Å². The molecule has 4 rings (SSSR count). The van der Waals surface area contributed by atoms with E-state index in [1.165, 1.54) is 6.07 Å². The summed E-state index contributed by atoms with van der Waals surface area (Å²) in [5.74, 6) is -1.74. The highest BCUT2D eigenvalue weighted by Gasteiger charge is 2.35. The van der Waals surface area contributed by atoms with Gasteiger partial charge in [0.05, 0.1) is 22.2 Å². The summed E-state index contributed by atoms with van der Waals surface area (Å²) in [7, 11) is 0. The van der Waals surface area contributed by atoms with E-state index in [9.17, 15) is 14.4 Å². The van der Waals surface area contributed by atoms with Gasteiger partial charge in [-0.15, -0.1) is 0 Å². The van der Waals surface area contributed by atoms with E-state index in [0.717, 1.165) is 12.0 Å². The Kier molecular flexibility index (Phi) is 6.16. The van der Waals surface area contributed by atoms with Crippen LogP contribution in [-0.4, -0.2) is 21.8 Å². The van der Waals surface area contributed by atoms with Gasteiger partial charge < -0.3 is 16.0 Å². The second kappa shape index (κ2) is 9.02. The Morgan fingerprint density at radius 1 is 1.16 bits per heavy atom. The van der Waals surface area contributed by atoms with Gasteiger partial charge in [-0.1, -0.05) is 48.3 Å². The summed E-state index contributed by atoms with van der Waals surface area (Å²) in [5, 5.41) is 9.10. The number of nitrogens with one attached hydrogen (secondary N) is 4. The maximum atomic E-state index is 13.0. The first kappa shape index (κ1) is 21.9. The maximum Gasteiger partial charge on any atom is 0.258 e. The van der Waals surface area contributed by atoms with Gasteiger partial charge in [-0.05, 0) is 36.2 Å². The number of benzene rings is 2. The molecule has 1 aliphatic heterocycles. The zero-order valence-corrected chi connectivity index (χ0v) is 18.5. The number of amides is 2. The molecule has 4 N–H and O–H groups in total. The molecule has 0 fully saturated rings. The number of hydrogen-bond acceptors (Lipinski definition) is 5. The molecule has 2 amide bonds. The molecule has 1 atom stereocenters. The number of para-hydroxylation sites is 1. The fraction of sp³-hybridized carbons (Fsp3) is 0.182. The number of halogens is 2.